The molecule has 0 radical (unpaired) electrons. The van der Waals surface area contributed by atoms with E-state index in [9.17, 15) is 13.6 Å². The molecule has 0 N–H and O–H groups in total. The lowest BCUT2D eigenvalue weighted by Gasteiger charge is -2.40. The lowest BCUT2D eigenvalue weighted by Crippen LogP contribution is -2.45. The van der Waals surface area contributed by atoms with Gasteiger partial charge in [-0.2, -0.15) is 0 Å². The van der Waals surface area contributed by atoms with Gasteiger partial charge in [0.1, 0.15) is 0 Å². The summed E-state index contributed by atoms with van der Waals surface area (Å²) in [5, 5.41) is 0. The molecule has 1 amide bonds. The van der Waals surface area contributed by atoms with Crippen molar-refractivity contribution in [1.29, 1.82) is 0 Å². The minimum Gasteiger partial charge on any atom is -0.342 e. The van der Waals surface area contributed by atoms with Crippen molar-refractivity contribution in [3.05, 3.63) is 35.4 Å². The van der Waals surface area contributed by atoms with Gasteiger partial charge in [0, 0.05) is 43.6 Å². The van der Waals surface area contributed by atoms with Crippen LogP contribution in [0.3, 0.4) is 0 Å². The highest BCUT2D eigenvalue weighted by Crippen LogP contribution is 2.49. The van der Waals surface area contributed by atoms with Gasteiger partial charge in [-0.05, 0) is 56.6 Å². The number of hydrogen-bond donors (Lipinski definition) is 0. The summed E-state index contributed by atoms with van der Waals surface area (Å²) in [6, 6.07) is 4.41. The molecule has 1 spiro atoms. The number of benzene rings is 1. The number of rotatable bonds is 5. The van der Waals surface area contributed by atoms with Crippen LogP contribution in [0, 0.1) is 22.5 Å². The number of amides is 1. The second kappa shape index (κ2) is 7.16. The molecule has 2 aliphatic heterocycles. The summed E-state index contributed by atoms with van der Waals surface area (Å²) in [6.07, 6.45) is 7.41. The molecule has 0 aromatic heterocycles. The van der Waals surface area contributed by atoms with Gasteiger partial charge in [-0.3, -0.25) is 9.69 Å². The van der Waals surface area contributed by atoms with Crippen molar-refractivity contribution in [2.75, 3.05) is 26.2 Å². The zero-order valence-corrected chi connectivity index (χ0v) is 16.3. The molecule has 5 heteroatoms. The topological polar surface area (TPSA) is 23.6 Å². The SMILES string of the molecule is CC1(CCC(=O)N2CC[C@]3(CCCN(Cc4cccc(F)c4F)C3)C2)CC1. The third-order valence-corrected chi connectivity index (χ3v) is 7.00. The Balaban J connectivity index is 1.35. The van der Waals surface area contributed by atoms with Crippen LogP contribution in [0.5, 0.6) is 0 Å². The molecule has 4 rings (SSSR count). The van der Waals surface area contributed by atoms with E-state index in [1.807, 2.05) is 0 Å². The van der Waals surface area contributed by atoms with E-state index < -0.39 is 11.6 Å². The maximum absolute atomic E-state index is 14.0. The normalized spacial score (nSPS) is 27.3. The highest BCUT2D eigenvalue weighted by atomic mass is 19.2. The number of halogens is 2. The molecular weight excluding hydrogens is 346 g/mol. The van der Waals surface area contributed by atoms with Crippen molar-refractivity contribution in [3.8, 4) is 0 Å². The van der Waals surface area contributed by atoms with Crippen molar-refractivity contribution in [2.24, 2.45) is 10.8 Å². The molecule has 2 heterocycles. The van der Waals surface area contributed by atoms with E-state index in [0.29, 0.717) is 29.9 Å². The van der Waals surface area contributed by atoms with Crippen LogP contribution in [0.15, 0.2) is 18.2 Å². The summed E-state index contributed by atoms with van der Waals surface area (Å²) >= 11 is 0. The Labute approximate surface area is 160 Å². The molecule has 1 aliphatic carbocycles. The van der Waals surface area contributed by atoms with Gasteiger partial charge in [0.2, 0.25) is 5.91 Å². The minimum atomic E-state index is -0.777. The summed E-state index contributed by atoms with van der Waals surface area (Å²) in [6.45, 7) is 6.16. The molecule has 1 saturated carbocycles. The van der Waals surface area contributed by atoms with E-state index in [1.165, 1.54) is 18.9 Å². The maximum Gasteiger partial charge on any atom is 0.222 e. The largest absolute Gasteiger partial charge is 0.342 e. The van der Waals surface area contributed by atoms with Crippen molar-refractivity contribution >= 4 is 5.91 Å². The van der Waals surface area contributed by atoms with Gasteiger partial charge in [0.05, 0.1) is 0 Å². The molecule has 3 nitrogen and oxygen atoms in total. The lowest BCUT2D eigenvalue weighted by molar-refractivity contribution is -0.131. The number of carbonyl (C=O) groups excluding carboxylic acids is 1. The summed E-state index contributed by atoms with van der Waals surface area (Å²) in [4.78, 5) is 16.9. The average Bonchev–Trinajstić information content (AvgIpc) is 3.25. The monoisotopic (exact) mass is 376 g/mol. The first-order valence-electron chi connectivity index (χ1n) is 10.3. The summed E-state index contributed by atoms with van der Waals surface area (Å²) in [5.41, 5.74) is 0.973. The lowest BCUT2D eigenvalue weighted by atomic mass is 9.79. The summed E-state index contributed by atoms with van der Waals surface area (Å²) in [5.74, 6) is -1.21. The fraction of sp³-hybridized carbons (Fsp3) is 0.682. The smallest absolute Gasteiger partial charge is 0.222 e. The first-order valence-corrected chi connectivity index (χ1v) is 10.3. The Bertz CT molecular complexity index is 718. The first kappa shape index (κ1) is 18.9. The average molecular weight is 376 g/mol. The van der Waals surface area contributed by atoms with Gasteiger partial charge in [-0.15, -0.1) is 0 Å². The Morgan fingerprint density at radius 2 is 1.93 bits per heavy atom. The molecule has 3 fully saturated rings. The molecule has 3 aliphatic rings. The maximum atomic E-state index is 14.0. The van der Waals surface area contributed by atoms with Crippen molar-refractivity contribution in [1.82, 2.24) is 9.80 Å². The van der Waals surface area contributed by atoms with Crippen LogP contribution in [0.4, 0.5) is 8.78 Å². The minimum absolute atomic E-state index is 0.126. The molecular formula is C22H30F2N2O. The number of likely N-dealkylation sites (tertiary alicyclic amines) is 2. The predicted molar refractivity (Wildman–Crippen MR) is 101 cm³/mol. The van der Waals surface area contributed by atoms with Crippen LogP contribution in [0.2, 0.25) is 0 Å². The van der Waals surface area contributed by atoms with E-state index in [1.54, 1.807) is 12.1 Å². The molecule has 1 aromatic carbocycles. The third-order valence-electron chi connectivity index (χ3n) is 7.00. The van der Waals surface area contributed by atoms with E-state index in [-0.39, 0.29) is 5.41 Å². The number of hydrogen-bond acceptors (Lipinski definition) is 2. The number of piperidine rings is 1. The van der Waals surface area contributed by atoms with Gasteiger partial charge in [0.25, 0.3) is 0 Å². The van der Waals surface area contributed by atoms with Crippen LogP contribution < -0.4 is 0 Å². The van der Waals surface area contributed by atoms with Crippen LogP contribution >= 0.6 is 0 Å². The number of nitrogens with zero attached hydrogens (tertiary/aromatic N) is 2. The van der Waals surface area contributed by atoms with Gasteiger partial charge in [0.15, 0.2) is 11.6 Å². The van der Waals surface area contributed by atoms with E-state index >= 15 is 0 Å². The van der Waals surface area contributed by atoms with Crippen LogP contribution in [0.25, 0.3) is 0 Å². The van der Waals surface area contributed by atoms with Crippen molar-refractivity contribution in [3.63, 3.8) is 0 Å². The molecule has 1 aromatic rings. The summed E-state index contributed by atoms with van der Waals surface area (Å²) < 4.78 is 27.5. The van der Waals surface area contributed by atoms with Gasteiger partial charge in [-0.1, -0.05) is 19.1 Å². The second-order valence-electron chi connectivity index (χ2n) is 9.40. The molecule has 27 heavy (non-hydrogen) atoms. The van der Waals surface area contributed by atoms with Crippen LogP contribution in [-0.2, 0) is 11.3 Å². The highest BCUT2D eigenvalue weighted by molar-refractivity contribution is 5.76. The van der Waals surface area contributed by atoms with E-state index in [0.717, 1.165) is 51.9 Å². The molecule has 0 bridgehead atoms. The highest BCUT2D eigenvalue weighted by Gasteiger charge is 2.43. The zero-order chi connectivity index (χ0) is 19.1. The molecule has 2 saturated heterocycles. The van der Waals surface area contributed by atoms with E-state index in [4.69, 9.17) is 0 Å². The van der Waals surface area contributed by atoms with Crippen LogP contribution in [-0.4, -0.2) is 41.9 Å². The summed E-state index contributed by atoms with van der Waals surface area (Å²) in [7, 11) is 0. The Kier molecular flexibility index (Phi) is 5.00. The Morgan fingerprint density at radius 1 is 1.11 bits per heavy atom. The van der Waals surface area contributed by atoms with E-state index in [2.05, 4.69) is 16.7 Å². The Hall–Kier alpha value is -1.49. The fourth-order valence-electron chi connectivity index (χ4n) is 4.87. The van der Waals surface area contributed by atoms with Crippen molar-refractivity contribution in [2.45, 2.75) is 58.4 Å². The zero-order valence-electron chi connectivity index (χ0n) is 16.3. The fourth-order valence-corrected chi connectivity index (χ4v) is 4.87. The third kappa shape index (κ3) is 4.18. The van der Waals surface area contributed by atoms with Crippen molar-refractivity contribution < 1.29 is 13.6 Å². The molecule has 148 valence electrons. The Morgan fingerprint density at radius 3 is 2.70 bits per heavy atom. The molecule has 1 atom stereocenters. The van der Waals surface area contributed by atoms with Gasteiger partial charge >= 0.3 is 0 Å². The van der Waals surface area contributed by atoms with Crippen LogP contribution in [0.1, 0.15) is 57.4 Å². The molecule has 0 unspecified atom stereocenters. The number of carbonyl (C=O) groups is 1. The predicted octanol–water partition coefficient (Wildman–Crippen LogP) is 4.36. The first-order chi connectivity index (χ1) is 12.9. The quantitative estimate of drug-likeness (QED) is 0.762. The van der Waals surface area contributed by atoms with Gasteiger partial charge < -0.3 is 4.90 Å². The van der Waals surface area contributed by atoms with Gasteiger partial charge in [-0.25, -0.2) is 8.78 Å². The second-order valence-corrected chi connectivity index (χ2v) is 9.40. The standard InChI is InChI=1S/C22H30F2N2O/c1-21(9-10-21)8-6-19(27)26-13-11-22(16-26)7-3-12-25(15-22)14-17-4-2-5-18(23)20(17)24/h2,4-5H,3,6-16H2,1H3/t22-/m0/s1.